The highest BCUT2D eigenvalue weighted by Crippen LogP contribution is 2.26. The lowest BCUT2D eigenvalue weighted by atomic mass is 10.1. The van der Waals surface area contributed by atoms with Crippen molar-refractivity contribution in [3.63, 3.8) is 0 Å². The smallest absolute Gasteiger partial charge is 0.345 e. The van der Waals surface area contributed by atoms with Gasteiger partial charge in [-0.05, 0) is 38.5 Å². The van der Waals surface area contributed by atoms with Gasteiger partial charge < -0.3 is 18.7 Å². The van der Waals surface area contributed by atoms with Crippen molar-refractivity contribution in [3.8, 4) is 17.0 Å². The Hall–Kier alpha value is -3.23. The molecular weight excluding hydrogens is 396 g/mol. The van der Waals surface area contributed by atoms with Crippen LogP contribution in [0.3, 0.4) is 0 Å². The summed E-state index contributed by atoms with van der Waals surface area (Å²) in [5.41, 5.74) is 3.42. The predicted octanol–water partition coefficient (Wildman–Crippen LogP) is 2.56. The maximum Gasteiger partial charge on any atom is 0.345 e. The third-order valence-corrected chi connectivity index (χ3v) is 5.66. The van der Waals surface area contributed by atoms with Gasteiger partial charge in [-0.3, -0.25) is 9.88 Å². The molecule has 1 atom stereocenters. The quantitative estimate of drug-likeness (QED) is 0.496. The number of benzene rings is 1. The van der Waals surface area contributed by atoms with Crippen molar-refractivity contribution >= 4 is 16.6 Å². The normalized spacial score (nSPS) is 17.1. The van der Waals surface area contributed by atoms with Crippen LogP contribution in [0.2, 0.25) is 0 Å². The van der Waals surface area contributed by atoms with Crippen LogP contribution in [-0.2, 0) is 0 Å². The molecule has 0 saturated carbocycles. The fourth-order valence-electron chi connectivity index (χ4n) is 4.21. The van der Waals surface area contributed by atoms with E-state index in [1.54, 1.807) is 12.1 Å². The summed E-state index contributed by atoms with van der Waals surface area (Å²) < 4.78 is 13.6. The summed E-state index contributed by atoms with van der Waals surface area (Å²) >= 11 is 0. The molecule has 4 aromatic rings. The molecule has 0 radical (unpaired) electrons. The van der Waals surface area contributed by atoms with Gasteiger partial charge in [0.1, 0.15) is 17.4 Å². The first-order valence-corrected chi connectivity index (χ1v) is 10.4. The average Bonchev–Trinajstić information content (AvgIpc) is 3.34. The number of aryl methyl sites for hydroxylation is 2. The Balaban J connectivity index is 1.45. The van der Waals surface area contributed by atoms with Crippen molar-refractivity contribution in [2.24, 2.45) is 0 Å². The van der Waals surface area contributed by atoms with Crippen LogP contribution in [0, 0.1) is 13.8 Å². The monoisotopic (exact) mass is 420 g/mol. The number of aliphatic hydroxyl groups excluding tert-OH is 1. The lowest BCUT2D eigenvalue weighted by molar-refractivity contribution is 0.181. The van der Waals surface area contributed by atoms with Gasteiger partial charge in [-0.2, -0.15) is 0 Å². The molecule has 0 bridgehead atoms. The molecule has 3 aromatic heterocycles. The predicted molar refractivity (Wildman–Crippen MR) is 116 cm³/mol. The van der Waals surface area contributed by atoms with Gasteiger partial charge in [0.2, 0.25) is 0 Å². The van der Waals surface area contributed by atoms with Crippen molar-refractivity contribution in [3.05, 3.63) is 58.5 Å². The van der Waals surface area contributed by atoms with Gasteiger partial charge in [0.25, 0.3) is 0 Å². The van der Waals surface area contributed by atoms with E-state index in [2.05, 4.69) is 14.9 Å². The molecule has 5 rings (SSSR count). The minimum absolute atomic E-state index is 0.0632. The topological polar surface area (TPSA) is 93.1 Å². The van der Waals surface area contributed by atoms with Gasteiger partial charge in [0.05, 0.1) is 29.3 Å². The van der Waals surface area contributed by atoms with Gasteiger partial charge in [0, 0.05) is 43.5 Å². The van der Waals surface area contributed by atoms with Gasteiger partial charge in [-0.25, -0.2) is 9.78 Å². The lowest BCUT2D eigenvalue weighted by Crippen LogP contribution is -2.27. The summed E-state index contributed by atoms with van der Waals surface area (Å²) in [4.78, 5) is 23.9. The Bertz CT molecular complexity index is 1330. The number of fused-ring (bicyclic) bond motifs is 2. The minimum atomic E-state index is -0.439. The van der Waals surface area contributed by atoms with E-state index < -0.39 is 5.63 Å². The highest BCUT2D eigenvalue weighted by Gasteiger charge is 2.23. The number of hydrogen-bond acceptors (Lipinski definition) is 7. The summed E-state index contributed by atoms with van der Waals surface area (Å²) in [5, 5.41) is 9.89. The first-order valence-electron chi connectivity index (χ1n) is 10.4. The Kier molecular flexibility index (Phi) is 4.95. The molecule has 1 N–H and O–H groups in total. The molecule has 0 aliphatic carbocycles. The molecule has 8 heteroatoms. The number of ether oxygens (including phenoxy) is 1. The van der Waals surface area contributed by atoms with Gasteiger partial charge >= 0.3 is 5.63 Å². The number of rotatable bonds is 5. The second-order valence-electron chi connectivity index (χ2n) is 8.02. The number of aliphatic hydroxyl groups is 1. The molecule has 1 aliphatic heterocycles. The number of aromatic nitrogens is 3. The van der Waals surface area contributed by atoms with Crippen LogP contribution in [0.15, 0.2) is 45.9 Å². The first-order chi connectivity index (χ1) is 15.0. The number of hydrogen-bond donors (Lipinski definition) is 1. The van der Waals surface area contributed by atoms with Gasteiger partial charge in [-0.1, -0.05) is 0 Å². The van der Waals surface area contributed by atoms with E-state index in [1.807, 2.05) is 42.8 Å². The van der Waals surface area contributed by atoms with E-state index >= 15 is 0 Å². The zero-order chi connectivity index (χ0) is 21.5. The van der Waals surface area contributed by atoms with Crippen LogP contribution in [0.4, 0.5) is 0 Å². The molecule has 1 fully saturated rings. The first kappa shape index (κ1) is 19.7. The molecular formula is C23H24N4O4. The third-order valence-electron chi connectivity index (χ3n) is 5.66. The van der Waals surface area contributed by atoms with Crippen molar-refractivity contribution in [2.75, 3.05) is 26.2 Å². The standard InChI is InChI=1S/C23H24N4O4/c1-14-11-27-13-20(25-22(27)15(2)24-14)19-9-16-3-4-17(10-21(16)31-23(19)29)30-18-5-6-26(12-18)7-8-28/h3-4,9-11,13,18,28H,5-8,12H2,1-2H3. The van der Waals surface area contributed by atoms with Crippen molar-refractivity contribution in [2.45, 2.75) is 26.4 Å². The van der Waals surface area contributed by atoms with Crippen molar-refractivity contribution < 1.29 is 14.3 Å². The Morgan fingerprint density at radius 3 is 2.94 bits per heavy atom. The summed E-state index contributed by atoms with van der Waals surface area (Å²) in [6, 6.07) is 7.35. The molecule has 0 amide bonds. The van der Waals surface area contributed by atoms with Crippen LogP contribution in [0.5, 0.6) is 5.75 Å². The highest BCUT2D eigenvalue weighted by atomic mass is 16.5. The molecule has 1 aromatic carbocycles. The fourth-order valence-corrected chi connectivity index (χ4v) is 4.21. The molecule has 1 saturated heterocycles. The van der Waals surface area contributed by atoms with E-state index in [1.165, 1.54) is 0 Å². The molecule has 31 heavy (non-hydrogen) atoms. The maximum atomic E-state index is 12.7. The Labute approximate surface area is 178 Å². The van der Waals surface area contributed by atoms with Crippen LogP contribution < -0.4 is 10.4 Å². The largest absolute Gasteiger partial charge is 0.489 e. The average molecular weight is 420 g/mol. The molecule has 0 spiro atoms. The summed E-state index contributed by atoms with van der Waals surface area (Å²) in [5.74, 6) is 0.671. The molecule has 1 unspecified atom stereocenters. The molecule has 160 valence electrons. The molecule has 1 aliphatic rings. The van der Waals surface area contributed by atoms with E-state index in [9.17, 15) is 4.79 Å². The highest BCUT2D eigenvalue weighted by molar-refractivity contribution is 5.82. The number of β-amino-alcohol motifs (C(OH)–C–C–N with tert-alkyl or cyclic N) is 1. The summed E-state index contributed by atoms with van der Waals surface area (Å²) in [6.45, 7) is 6.32. The van der Waals surface area contributed by atoms with Gasteiger partial charge in [0.15, 0.2) is 5.65 Å². The lowest BCUT2D eigenvalue weighted by Gasteiger charge is -2.16. The van der Waals surface area contributed by atoms with E-state index in [4.69, 9.17) is 14.3 Å². The second kappa shape index (κ2) is 7.79. The van der Waals surface area contributed by atoms with Crippen LogP contribution in [-0.4, -0.2) is 56.7 Å². The zero-order valence-corrected chi connectivity index (χ0v) is 17.5. The van der Waals surface area contributed by atoms with Crippen molar-refractivity contribution in [1.29, 1.82) is 0 Å². The van der Waals surface area contributed by atoms with E-state index in [0.717, 1.165) is 41.9 Å². The molecule has 8 nitrogen and oxygen atoms in total. The van der Waals surface area contributed by atoms with Gasteiger partial charge in [-0.15, -0.1) is 0 Å². The Morgan fingerprint density at radius 1 is 1.23 bits per heavy atom. The Morgan fingerprint density at radius 2 is 2.10 bits per heavy atom. The second-order valence-corrected chi connectivity index (χ2v) is 8.02. The van der Waals surface area contributed by atoms with Crippen molar-refractivity contribution in [1.82, 2.24) is 19.3 Å². The summed E-state index contributed by atoms with van der Waals surface area (Å²) in [7, 11) is 0. The third kappa shape index (κ3) is 3.80. The van der Waals surface area contributed by atoms with Crippen LogP contribution in [0.25, 0.3) is 27.9 Å². The van der Waals surface area contributed by atoms with Crippen LogP contribution in [0.1, 0.15) is 17.8 Å². The number of nitrogens with zero attached hydrogens (tertiary/aromatic N) is 4. The number of likely N-dealkylation sites (tertiary alicyclic amines) is 1. The van der Waals surface area contributed by atoms with E-state index in [-0.39, 0.29) is 12.7 Å². The van der Waals surface area contributed by atoms with Crippen LogP contribution >= 0.6 is 0 Å². The maximum absolute atomic E-state index is 12.7. The minimum Gasteiger partial charge on any atom is -0.489 e. The van der Waals surface area contributed by atoms with E-state index in [0.29, 0.717) is 29.1 Å². The zero-order valence-electron chi connectivity index (χ0n) is 17.5. The molecule has 4 heterocycles. The number of imidazole rings is 1. The fraction of sp³-hybridized carbons (Fsp3) is 0.348. The SMILES string of the molecule is Cc1cn2cc(-c3cc4ccc(OC5CCN(CCO)C5)cc4oc3=O)nc2c(C)n1. The summed E-state index contributed by atoms with van der Waals surface area (Å²) in [6.07, 6.45) is 4.68.